The number of carbonyl (C=O) groups is 4. The number of ketones is 1. The molecule has 0 aromatic heterocycles. The smallest absolute Gasteiger partial charge is 0.255 e. The van der Waals surface area contributed by atoms with E-state index < -0.39 is 11.9 Å². The minimum atomic E-state index is -0.636. The number of aromatic hydroxyl groups is 1. The van der Waals surface area contributed by atoms with Gasteiger partial charge in [-0.1, -0.05) is 73.7 Å². The Labute approximate surface area is 322 Å². The number of Topliss-reactive ketones (excluding diaryl/α,β-unsaturated/α-hetero) is 1. The number of amides is 3. The first kappa shape index (κ1) is 37.7. The summed E-state index contributed by atoms with van der Waals surface area (Å²) in [5.41, 5.74) is 8.13. The van der Waals surface area contributed by atoms with Gasteiger partial charge in [-0.05, 0) is 88.6 Å². The largest absolute Gasteiger partial charge is 0.508 e. The molecule has 1 unspecified atom stereocenters. The molecule has 0 saturated carbocycles. The lowest BCUT2D eigenvalue weighted by Crippen LogP contribution is -2.52. The molecule has 7 rings (SSSR count). The number of allylic oxidation sites excluding steroid dienone is 1. The van der Waals surface area contributed by atoms with Crippen LogP contribution in [0.5, 0.6) is 11.5 Å². The number of aryl methyl sites for hydroxylation is 1. The van der Waals surface area contributed by atoms with Crippen LogP contribution in [0.2, 0.25) is 0 Å². The summed E-state index contributed by atoms with van der Waals surface area (Å²) < 4.78 is 6.17. The number of nitrogens with one attached hydrogen (secondary N) is 1. The van der Waals surface area contributed by atoms with Crippen molar-refractivity contribution in [1.82, 2.24) is 20.0 Å². The number of hydrogen-bond acceptors (Lipinski definition) is 8. The minimum absolute atomic E-state index is 0.189. The van der Waals surface area contributed by atoms with Crippen LogP contribution in [0.15, 0.2) is 97.1 Å². The Morgan fingerprint density at radius 3 is 2.22 bits per heavy atom. The zero-order valence-electron chi connectivity index (χ0n) is 31.3. The first-order chi connectivity index (χ1) is 26.7. The maximum absolute atomic E-state index is 13.0. The van der Waals surface area contributed by atoms with Crippen molar-refractivity contribution in [3.05, 3.63) is 130 Å². The van der Waals surface area contributed by atoms with Crippen LogP contribution >= 0.6 is 0 Å². The Kier molecular flexibility index (Phi) is 11.8. The maximum atomic E-state index is 13.0. The second-order valence-corrected chi connectivity index (χ2v) is 14.5. The second-order valence-electron chi connectivity index (χ2n) is 14.5. The fourth-order valence-corrected chi connectivity index (χ4v) is 7.88. The summed E-state index contributed by atoms with van der Waals surface area (Å²) >= 11 is 0. The van der Waals surface area contributed by atoms with Crippen molar-refractivity contribution in [3.63, 3.8) is 0 Å². The van der Waals surface area contributed by atoms with E-state index in [0.717, 1.165) is 72.7 Å². The molecule has 55 heavy (non-hydrogen) atoms. The van der Waals surface area contributed by atoms with Gasteiger partial charge in [0, 0.05) is 57.7 Å². The van der Waals surface area contributed by atoms with Crippen molar-refractivity contribution in [1.29, 1.82) is 0 Å². The molecular weight excluding hydrogens is 693 g/mol. The molecule has 3 amide bonds. The molecule has 4 aromatic rings. The molecule has 0 radical (unpaired) electrons. The van der Waals surface area contributed by atoms with E-state index >= 15 is 0 Å². The summed E-state index contributed by atoms with van der Waals surface area (Å²) in [6.45, 7) is 7.70. The number of benzene rings is 4. The van der Waals surface area contributed by atoms with Crippen molar-refractivity contribution in [2.24, 2.45) is 0 Å². The summed E-state index contributed by atoms with van der Waals surface area (Å²) in [7, 11) is 0. The number of piperazine rings is 1. The number of rotatable bonds is 14. The van der Waals surface area contributed by atoms with Crippen LogP contribution in [0, 0.1) is 0 Å². The van der Waals surface area contributed by atoms with Crippen molar-refractivity contribution < 1.29 is 29.0 Å². The van der Waals surface area contributed by atoms with Gasteiger partial charge in [-0.3, -0.25) is 34.3 Å². The molecule has 10 nitrogen and oxygen atoms in total. The summed E-state index contributed by atoms with van der Waals surface area (Å²) in [4.78, 5) is 56.0. The third-order valence-electron chi connectivity index (χ3n) is 10.9. The van der Waals surface area contributed by atoms with Crippen molar-refractivity contribution in [3.8, 4) is 11.5 Å². The summed E-state index contributed by atoms with van der Waals surface area (Å²) in [6.07, 6.45) is 2.44. The normalized spacial score (nSPS) is 18.2. The van der Waals surface area contributed by atoms with Crippen molar-refractivity contribution in [2.45, 2.75) is 51.6 Å². The lowest BCUT2D eigenvalue weighted by atomic mass is 9.88. The number of phenolic OH excluding ortho intramolecular Hbond substituents is 1. The molecule has 0 bridgehead atoms. The number of carbonyl (C=O) groups excluding carboxylic acids is 4. The van der Waals surface area contributed by atoms with Gasteiger partial charge in [0.1, 0.15) is 29.9 Å². The van der Waals surface area contributed by atoms with E-state index in [0.29, 0.717) is 44.5 Å². The molecule has 2 fully saturated rings. The lowest BCUT2D eigenvalue weighted by molar-refractivity contribution is -0.137. The highest BCUT2D eigenvalue weighted by atomic mass is 16.5. The van der Waals surface area contributed by atoms with Gasteiger partial charge in [0.25, 0.3) is 5.91 Å². The van der Waals surface area contributed by atoms with Crippen LogP contribution < -0.4 is 10.1 Å². The monoisotopic (exact) mass is 740 g/mol. The molecule has 0 spiro atoms. The fraction of sp³-hybridized carbons (Fsp3) is 0.333. The molecule has 3 heterocycles. The highest BCUT2D eigenvalue weighted by Gasteiger charge is 2.39. The number of imide groups is 1. The maximum Gasteiger partial charge on any atom is 0.255 e. The van der Waals surface area contributed by atoms with Crippen molar-refractivity contribution >= 4 is 34.7 Å². The number of phenols is 1. The third kappa shape index (κ3) is 9.04. The van der Waals surface area contributed by atoms with E-state index in [-0.39, 0.29) is 29.8 Å². The quantitative estimate of drug-likeness (QED) is 0.125. The highest BCUT2D eigenvalue weighted by Crippen LogP contribution is 2.36. The van der Waals surface area contributed by atoms with E-state index in [4.69, 9.17) is 4.74 Å². The molecule has 3 aliphatic rings. The average Bonchev–Trinajstić information content (AvgIpc) is 3.52. The van der Waals surface area contributed by atoms with Crippen LogP contribution in [-0.2, 0) is 27.3 Å². The molecule has 4 aromatic carbocycles. The van der Waals surface area contributed by atoms with Crippen LogP contribution in [0.25, 0.3) is 11.1 Å². The van der Waals surface area contributed by atoms with E-state index in [1.807, 2.05) is 42.5 Å². The molecule has 2 N–H and O–H groups in total. The lowest BCUT2D eigenvalue weighted by Gasteiger charge is -2.34. The Morgan fingerprint density at radius 1 is 0.836 bits per heavy atom. The summed E-state index contributed by atoms with van der Waals surface area (Å²) in [5, 5.41) is 12.3. The summed E-state index contributed by atoms with van der Waals surface area (Å²) in [6, 6.07) is 31.1. The SMILES string of the molecule is CC/C(=C(\c1ccc(O)cc1)c1ccc(OCCN2CCN(CC(=O)CCc3ccc4c(c3)CN(C3CCC(=O)NC3=O)C4=O)CC2)cc1)c1ccccc1. The molecule has 10 heteroatoms. The van der Waals surface area contributed by atoms with Gasteiger partial charge in [0.15, 0.2) is 0 Å². The molecule has 284 valence electrons. The van der Waals surface area contributed by atoms with Crippen LogP contribution in [0.1, 0.15) is 70.8 Å². The Morgan fingerprint density at radius 2 is 1.53 bits per heavy atom. The molecule has 0 aliphatic carbocycles. The zero-order valence-corrected chi connectivity index (χ0v) is 31.3. The van der Waals surface area contributed by atoms with E-state index in [1.165, 1.54) is 11.1 Å². The van der Waals surface area contributed by atoms with Gasteiger partial charge in [-0.25, -0.2) is 0 Å². The standard InChI is InChI=1S/C45H48N4O6/c1-2-39(32-6-4-3-5-7-32)43(33-10-15-36(50)16-11-33)34-12-17-38(18-13-34)55-27-26-47-22-24-48(25-23-47)30-37(51)14-8-31-9-19-40-35(28-31)29-49(45(40)54)41-20-21-42(52)46-44(41)53/h3-7,9-13,15-19,28,41,50H,2,8,14,20-27,29-30H2,1H3,(H,46,52,53)/b43-39-. The van der Waals surface area contributed by atoms with Crippen LogP contribution in [0.3, 0.4) is 0 Å². The topological polar surface area (TPSA) is 119 Å². The van der Waals surface area contributed by atoms with Gasteiger partial charge in [-0.15, -0.1) is 0 Å². The van der Waals surface area contributed by atoms with Gasteiger partial charge < -0.3 is 14.7 Å². The first-order valence-corrected chi connectivity index (χ1v) is 19.3. The molecule has 1 atom stereocenters. The van der Waals surface area contributed by atoms with E-state index in [2.05, 4.69) is 58.4 Å². The van der Waals surface area contributed by atoms with Crippen molar-refractivity contribution in [2.75, 3.05) is 45.9 Å². The molecular formula is C45H48N4O6. The number of fused-ring (bicyclic) bond motifs is 1. The Bertz CT molecular complexity index is 2050. The fourth-order valence-electron chi connectivity index (χ4n) is 7.88. The van der Waals surface area contributed by atoms with Gasteiger partial charge in [0.2, 0.25) is 11.8 Å². The minimum Gasteiger partial charge on any atom is -0.508 e. The number of nitrogens with zero attached hydrogens (tertiary/aromatic N) is 3. The number of piperidine rings is 1. The predicted molar refractivity (Wildman–Crippen MR) is 211 cm³/mol. The predicted octanol–water partition coefficient (Wildman–Crippen LogP) is 5.72. The highest BCUT2D eigenvalue weighted by molar-refractivity contribution is 6.05. The second kappa shape index (κ2) is 17.3. The number of hydrogen-bond donors (Lipinski definition) is 2. The third-order valence-corrected chi connectivity index (χ3v) is 10.9. The zero-order chi connectivity index (χ0) is 38.3. The summed E-state index contributed by atoms with van der Waals surface area (Å²) in [5.74, 6) is 0.346. The van der Waals surface area contributed by atoms with E-state index in [9.17, 15) is 24.3 Å². The molecule has 2 saturated heterocycles. The van der Waals surface area contributed by atoms with Crippen LogP contribution in [-0.4, -0.2) is 95.2 Å². The molecule has 3 aliphatic heterocycles. The number of ether oxygens (including phenoxy) is 1. The van der Waals surface area contributed by atoms with E-state index in [1.54, 1.807) is 23.1 Å². The average molecular weight is 741 g/mol. The van der Waals surface area contributed by atoms with Gasteiger partial charge in [0.05, 0.1) is 6.54 Å². The van der Waals surface area contributed by atoms with Gasteiger partial charge in [-0.2, -0.15) is 0 Å². The van der Waals surface area contributed by atoms with Crippen LogP contribution in [0.4, 0.5) is 0 Å². The Hall–Kier alpha value is -5.58. The first-order valence-electron chi connectivity index (χ1n) is 19.3. The Balaban J connectivity index is 0.852. The van der Waals surface area contributed by atoms with Gasteiger partial charge >= 0.3 is 0 Å².